The van der Waals surface area contributed by atoms with Gasteiger partial charge >= 0.3 is 5.63 Å². The van der Waals surface area contributed by atoms with Gasteiger partial charge in [0.2, 0.25) is 0 Å². The van der Waals surface area contributed by atoms with Crippen LogP contribution >= 0.6 is 0 Å². The number of rotatable bonds is 6. The maximum atomic E-state index is 12.9. The Morgan fingerprint density at radius 3 is 2.33 bits per heavy atom. The normalized spacial score (nSPS) is 11.6. The maximum absolute atomic E-state index is 12.9. The van der Waals surface area contributed by atoms with Crippen LogP contribution in [0.25, 0.3) is 43.3 Å². The SMILES string of the molecule is COCCOCOc1cc2ccccc2c2c1oc(=O)c1ccc3ccccc3c12. The summed E-state index contributed by atoms with van der Waals surface area (Å²) in [6.07, 6.45) is 0. The van der Waals surface area contributed by atoms with Gasteiger partial charge < -0.3 is 18.6 Å². The van der Waals surface area contributed by atoms with E-state index in [9.17, 15) is 4.79 Å². The minimum absolute atomic E-state index is 0.0358. The molecule has 0 radical (unpaired) electrons. The molecule has 0 atom stereocenters. The molecule has 1 aromatic heterocycles. The summed E-state index contributed by atoms with van der Waals surface area (Å²) >= 11 is 0. The molecular formula is C25H20O5. The molecule has 0 aliphatic carbocycles. The van der Waals surface area contributed by atoms with Crippen LogP contribution in [0.1, 0.15) is 0 Å². The molecule has 0 fully saturated rings. The van der Waals surface area contributed by atoms with Crippen molar-refractivity contribution in [1.82, 2.24) is 0 Å². The summed E-state index contributed by atoms with van der Waals surface area (Å²) in [5.41, 5.74) is 0.0431. The maximum Gasteiger partial charge on any atom is 0.344 e. The number of hydrogen-bond acceptors (Lipinski definition) is 5. The number of ether oxygens (including phenoxy) is 3. The van der Waals surface area contributed by atoms with Crippen molar-refractivity contribution in [2.24, 2.45) is 0 Å². The Balaban J connectivity index is 1.84. The van der Waals surface area contributed by atoms with Crippen LogP contribution in [0.2, 0.25) is 0 Å². The monoisotopic (exact) mass is 400 g/mol. The van der Waals surface area contributed by atoms with E-state index >= 15 is 0 Å². The Bertz CT molecular complexity index is 1430. The third kappa shape index (κ3) is 3.09. The molecule has 150 valence electrons. The fraction of sp³-hybridized carbons (Fsp3) is 0.160. The number of hydrogen-bond donors (Lipinski definition) is 0. The Kier molecular flexibility index (Phi) is 4.83. The summed E-state index contributed by atoms with van der Waals surface area (Å²) < 4.78 is 22.1. The van der Waals surface area contributed by atoms with Gasteiger partial charge in [-0.25, -0.2) is 4.79 Å². The van der Waals surface area contributed by atoms with E-state index < -0.39 is 0 Å². The van der Waals surface area contributed by atoms with Crippen LogP contribution in [0.3, 0.4) is 0 Å². The molecule has 5 aromatic rings. The molecule has 0 aliphatic heterocycles. The van der Waals surface area contributed by atoms with Crippen LogP contribution in [0.15, 0.2) is 75.9 Å². The van der Waals surface area contributed by atoms with Gasteiger partial charge in [0.25, 0.3) is 0 Å². The summed E-state index contributed by atoms with van der Waals surface area (Å²) in [4.78, 5) is 12.9. The molecule has 0 unspecified atom stereocenters. The number of methoxy groups -OCH3 is 1. The van der Waals surface area contributed by atoms with E-state index in [0.29, 0.717) is 29.9 Å². The highest BCUT2D eigenvalue weighted by Gasteiger charge is 2.17. The topological polar surface area (TPSA) is 57.9 Å². The van der Waals surface area contributed by atoms with Gasteiger partial charge in [0.1, 0.15) is 0 Å². The Morgan fingerprint density at radius 2 is 1.53 bits per heavy atom. The molecule has 0 spiro atoms. The third-order valence-electron chi connectivity index (χ3n) is 5.29. The quantitative estimate of drug-likeness (QED) is 0.169. The Morgan fingerprint density at radius 1 is 0.800 bits per heavy atom. The molecule has 0 aliphatic rings. The fourth-order valence-corrected chi connectivity index (χ4v) is 3.92. The van der Waals surface area contributed by atoms with Crippen LogP contribution in [0, 0.1) is 0 Å². The van der Waals surface area contributed by atoms with E-state index in [1.807, 2.05) is 66.7 Å². The zero-order valence-electron chi connectivity index (χ0n) is 16.5. The Hall–Kier alpha value is -3.41. The second-order valence-electron chi connectivity index (χ2n) is 7.06. The summed E-state index contributed by atoms with van der Waals surface area (Å²) in [7, 11) is 1.62. The van der Waals surface area contributed by atoms with E-state index in [1.165, 1.54) is 0 Å². The summed E-state index contributed by atoms with van der Waals surface area (Å²) in [5, 5.41) is 6.37. The third-order valence-corrected chi connectivity index (χ3v) is 5.29. The molecule has 0 saturated heterocycles. The van der Waals surface area contributed by atoms with Crippen molar-refractivity contribution < 1.29 is 18.6 Å². The Labute approximate surface area is 172 Å². The number of benzene rings is 4. The van der Waals surface area contributed by atoms with Gasteiger partial charge in [-0.05, 0) is 33.7 Å². The van der Waals surface area contributed by atoms with Gasteiger partial charge in [0.15, 0.2) is 18.1 Å². The predicted molar refractivity (Wildman–Crippen MR) is 118 cm³/mol. The van der Waals surface area contributed by atoms with E-state index in [4.69, 9.17) is 18.6 Å². The predicted octanol–water partition coefficient (Wildman–Crippen LogP) is 5.25. The van der Waals surface area contributed by atoms with Gasteiger partial charge in [0, 0.05) is 17.9 Å². The highest BCUT2D eigenvalue weighted by molar-refractivity contribution is 6.26. The standard InChI is InChI=1S/C25H20O5/c1-27-12-13-28-15-29-21-14-17-7-3-5-9-19(17)23-22-18-8-4-2-6-16(18)10-11-20(22)25(26)30-24(21)23/h2-11,14H,12-13,15H2,1H3. The first-order chi connectivity index (χ1) is 14.8. The lowest BCUT2D eigenvalue weighted by molar-refractivity contribution is -0.00817. The smallest absolute Gasteiger partial charge is 0.344 e. The van der Waals surface area contributed by atoms with E-state index in [2.05, 4.69) is 0 Å². The zero-order chi connectivity index (χ0) is 20.5. The van der Waals surface area contributed by atoms with E-state index in [0.717, 1.165) is 32.3 Å². The van der Waals surface area contributed by atoms with Crippen LogP contribution in [0.5, 0.6) is 5.75 Å². The first-order valence-electron chi connectivity index (χ1n) is 9.77. The zero-order valence-corrected chi connectivity index (χ0v) is 16.5. The van der Waals surface area contributed by atoms with Crippen molar-refractivity contribution in [1.29, 1.82) is 0 Å². The van der Waals surface area contributed by atoms with Crippen molar-refractivity contribution in [2.75, 3.05) is 27.1 Å². The van der Waals surface area contributed by atoms with Crippen LogP contribution < -0.4 is 10.4 Å². The average molecular weight is 400 g/mol. The van der Waals surface area contributed by atoms with Gasteiger partial charge in [-0.15, -0.1) is 0 Å². The van der Waals surface area contributed by atoms with Crippen molar-refractivity contribution in [3.8, 4) is 5.75 Å². The van der Waals surface area contributed by atoms with Gasteiger partial charge in [-0.2, -0.15) is 0 Å². The molecule has 0 bridgehead atoms. The minimum Gasteiger partial charge on any atom is -0.464 e. The van der Waals surface area contributed by atoms with Gasteiger partial charge in [-0.3, -0.25) is 0 Å². The average Bonchev–Trinajstić information content (AvgIpc) is 2.78. The largest absolute Gasteiger partial charge is 0.464 e. The molecule has 5 nitrogen and oxygen atoms in total. The van der Waals surface area contributed by atoms with Crippen molar-refractivity contribution in [2.45, 2.75) is 0 Å². The molecule has 1 heterocycles. The molecule has 0 amide bonds. The van der Waals surface area contributed by atoms with Crippen LogP contribution in [-0.4, -0.2) is 27.1 Å². The van der Waals surface area contributed by atoms with Crippen LogP contribution in [-0.2, 0) is 9.47 Å². The fourth-order valence-electron chi connectivity index (χ4n) is 3.92. The first kappa shape index (κ1) is 18.6. The van der Waals surface area contributed by atoms with Crippen LogP contribution in [0.4, 0.5) is 0 Å². The van der Waals surface area contributed by atoms with E-state index in [-0.39, 0.29) is 12.4 Å². The van der Waals surface area contributed by atoms with Crippen molar-refractivity contribution in [3.05, 3.63) is 77.2 Å². The molecule has 0 N–H and O–H groups in total. The minimum atomic E-state index is -0.385. The summed E-state index contributed by atoms with van der Waals surface area (Å²) in [6, 6.07) is 21.7. The summed E-state index contributed by atoms with van der Waals surface area (Å²) in [6.45, 7) is 0.932. The number of fused-ring (bicyclic) bond motifs is 7. The lowest BCUT2D eigenvalue weighted by Crippen LogP contribution is -2.08. The lowest BCUT2D eigenvalue weighted by atomic mass is 9.96. The summed E-state index contributed by atoms with van der Waals surface area (Å²) in [5.74, 6) is 0.480. The highest BCUT2D eigenvalue weighted by Crippen LogP contribution is 2.39. The second kappa shape index (κ2) is 7.78. The molecular weight excluding hydrogens is 380 g/mol. The second-order valence-corrected chi connectivity index (χ2v) is 7.06. The highest BCUT2D eigenvalue weighted by atomic mass is 16.7. The van der Waals surface area contributed by atoms with E-state index in [1.54, 1.807) is 7.11 Å². The molecule has 5 rings (SSSR count). The van der Waals surface area contributed by atoms with Gasteiger partial charge in [0.05, 0.1) is 18.6 Å². The lowest BCUT2D eigenvalue weighted by Gasteiger charge is -2.14. The van der Waals surface area contributed by atoms with Gasteiger partial charge in [-0.1, -0.05) is 54.6 Å². The van der Waals surface area contributed by atoms with Crippen molar-refractivity contribution >= 4 is 43.3 Å². The molecule has 5 heteroatoms. The molecule has 4 aromatic carbocycles. The molecule has 0 saturated carbocycles. The van der Waals surface area contributed by atoms with Crippen molar-refractivity contribution in [3.63, 3.8) is 0 Å². The molecule has 30 heavy (non-hydrogen) atoms. The first-order valence-corrected chi connectivity index (χ1v) is 9.77.